The zero-order valence-corrected chi connectivity index (χ0v) is 13.7. The number of esters is 1. The van der Waals surface area contributed by atoms with E-state index in [0.29, 0.717) is 6.42 Å². The maximum Gasteiger partial charge on any atom is 0.312 e. The monoisotopic (exact) mass is 294 g/mol. The maximum atomic E-state index is 15.0. The van der Waals surface area contributed by atoms with Crippen molar-refractivity contribution >= 4 is 14.4 Å². The summed E-state index contributed by atoms with van der Waals surface area (Å²) in [6.45, 7) is 8.74. The van der Waals surface area contributed by atoms with Gasteiger partial charge in [-0.25, -0.2) is 0 Å². The standard InChI is InChI=1S/C16H23FO2Si/c1-6-12-16(2,15(18)19-3)14(20(4,5)17)13-10-8-7-9-11-13/h6-11,14H,1,12H2,2-5H3. The van der Waals surface area contributed by atoms with E-state index >= 15 is 0 Å². The Kier molecular flexibility index (Phi) is 5.28. The van der Waals surface area contributed by atoms with Crippen molar-refractivity contribution < 1.29 is 13.6 Å². The van der Waals surface area contributed by atoms with E-state index in [0.717, 1.165) is 5.56 Å². The average molecular weight is 294 g/mol. The van der Waals surface area contributed by atoms with Crippen molar-refractivity contribution in [2.24, 2.45) is 5.41 Å². The highest BCUT2D eigenvalue weighted by Crippen LogP contribution is 2.46. The number of methoxy groups -OCH3 is 1. The molecule has 0 aliphatic carbocycles. The van der Waals surface area contributed by atoms with Crippen molar-refractivity contribution in [2.45, 2.75) is 32.0 Å². The van der Waals surface area contributed by atoms with E-state index in [-0.39, 0.29) is 5.97 Å². The fraction of sp³-hybridized carbons (Fsp3) is 0.438. The van der Waals surface area contributed by atoms with E-state index < -0.39 is 19.4 Å². The van der Waals surface area contributed by atoms with Gasteiger partial charge in [-0.05, 0) is 32.0 Å². The van der Waals surface area contributed by atoms with Crippen molar-refractivity contribution in [3.63, 3.8) is 0 Å². The van der Waals surface area contributed by atoms with E-state index in [9.17, 15) is 8.90 Å². The topological polar surface area (TPSA) is 26.3 Å². The van der Waals surface area contributed by atoms with E-state index in [4.69, 9.17) is 4.74 Å². The molecule has 0 bridgehead atoms. The molecule has 4 heteroatoms. The van der Waals surface area contributed by atoms with Crippen molar-refractivity contribution in [3.8, 4) is 0 Å². The zero-order chi connectivity index (χ0) is 15.4. The Bertz CT molecular complexity index is 467. The summed E-state index contributed by atoms with van der Waals surface area (Å²) in [7, 11) is -1.78. The second-order valence-electron chi connectivity index (χ2n) is 5.81. The van der Waals surface area contributed by atoms with E-state index in [1.165, 1.54) is 7.11 Å². The van der Waals surface area contributed by atoms with Gasteiger partial charge in [-0.15, -0.1) is 6.58 Å². The Morgan fingerprint density at radius 3 is 2.40 bits per heavy atom. The predicted molar refractivity (Wildman–Crippen MR) is 82.7 cm³/mol. The minimum Gasteiger partial charge on any atom is -0.469 e. The van der Waals surface area contributed by atoms with Crippen LogP contribution in [0.15, 0.2) is 43.0 Å². The molecule has 0 spiro atoms. The quantitative estimate of drug-likeness (QED) is 0.339. The van der Waals surface area contributed by atoms with E-state index in [2.05, 4.69) is 6.58 Å². The Morgan fingerprint density at radius 1 is 1.45 bits per heavy atom. The van der Waals surface area contributed by atoms with Crippen LogP contribution in [0.1, 0.15) is 24.4 Å². The number of halogens is 1. The molecule has 2 atom stereocenters. The number of hydrogen-bond donors (Lipinski definition) is 0. The summed E-state index contributed by atoms with van der Waals surface area (Å²) in [6, 6.07) is 9.38. The number of carbonyl (C=O) groups is 1. The van der Waals surface area contributed by atoms with Crippen molar-refractivity contribution in [1.82, 2.24) is 0 Å². The van der Waals surface area contributed by atoms with Gasteiger partial charge in [-0.2, -0.15) is 0 Å². The molecule has 2 unspecified atom stereocenters. The summed E-state index contributed by atoms with van der Waals surface area (Å²) in [4.78, 5) is 12.3. The van der Waals surface area contributed by atoms with Crippen LogP contribution in [0.5, 0.6) is 0 Å². The van der Waals surface area contributed by atoms with Gasteiger partial charge < -0.3 is 8.84 Å². The highest BCUT2D eigenvalue weighted by atomic mass is 28.4. The van der Waals surface area contributed by atoms with E-state index in [1.54, 1.807) is 26.1 Å². The molecule has 0 saturated carbocycles. The summed E-state index contributed by atoms with van der Waals surface area (Å²) in [5, 5.41) is 0. The van der Waals surface area contributed by atoms with Crippen LogP contribution in [0, 0.1) is 5.41 Å². The molecular weight excluding hydrogens is 271 g/mol. The van der Waals surface area contributed by atoms with Gasteiger partial charge in [0.1, 0.15) is 0 Å². The lowest BCUT2D eigenvalue weighted by Crippen LogP contribution is -2.46. The fourth-order valence-electron chi connectivity index (χ4n) is 3.02. The molecule has 0 fully saturated rings. The first-order valence-electron chi connectivity index (χ1n) is 6.70. The Labute approximate surface area is 121 Å². The van der Waals surface area contributed by atoms with Crippen molar-refractivity contribution in [3.05, 3.63) is 48.6 Å². The van der Waals surface area contributed by atoms with Gasteiger partial charge in [0.2, 0.25) is 8.41 Å². The SMILES string of the molecule is C=CCC(C)(C(=O)OC)C(c1ccccc1)[Si](C)(C)F. The van der Waals surface area contributed by atoms with Crippen LogP contribution in [0.3, 0.4) is 0 Å². The van der Waals surface area contributed by atoms with Gasteiger partial charge in [0.05, 0.1) is 12.5 Å². The summed E-state index contributed by atoms with van der Waals surface area (Å²) < 4.78 is 19.9. The van der Waals surface area contributed by atoms with Crippen LogP contribution in [0.25, 0.3) is 0 Å². The predicted octanol–water partition coefficient (Wildman–Crippen LogP) is 4.24. The third kappa shape index (κ3) is 3.36. The molecule has 0 aliphatic heterocycles. The molecule has 0 radical (unpaired) electrons. The molecule has 20 heavy (non-hydrogen) atoms. The summed E-state index contributed by atoms with van der Waals surface area (Å²) in [5.74, 6) is -0.385. The van der Waals surface area contributed by atoms with Crippen molar-refractivity contribution in [2.75, 3.05) is 7.11 Å². The number of allylic oxidation sites excluding steroid dienone is 1. The molecule has 2 nitrogen and oxygen atoms in total. The average Bonchev–Trinajstić information content (AvgIpc) is 2.37. The lowest BCUT2D eigenvalue weighted by molar-refractivity contribution is -0.152. The Morgan fingerprint density at radius 2 is 2.00 bits per heavy atom. The fourth-order valence-corrected chi connectivity index (χ4v) is 5.76. The minimum absolute atomic E-state index is 0.385. The van der Waals surface area contributed by atoms with Crippen molar-refractivity contribution in [1.29, 1.82) is 0 Å². The lowest BCUT2D eigenvalue weighted by Gasteiger charge is -2.39. The molecule has 1 aromatic carbocycles. The number of hydrogen-bond acceptors (Lipinski definition) is 2. The second-order valence-corrected chi connectivity index (χ2v) is 9.52. The first-order chi connectivity index (χ1) is 9.27. The van der Waals surface area contributed by atoms with Crippen LogP contribution >= 0.6 is 0 Å². The van der Waals surface area contributed by atoms with Crippen LogP contribution in [0.2, 0.25) is 13.1 Å². The van der Waals surface area contributed by atoms with E-state index in [1.807, 2.05) is 30.3 Å². The first kappa shape index (κ1) is 16.6. The van der Waals surface area contributed by atoms with Crippen LogP contribution in [-0.2, 0) is 9.53 Å². The minimum atomic E-state index is -3.13. The number of carbonyl (C=O) groups excluding carboxylic acids is 1. The van der Waals surface area contributed by atoms with Crippen LogP contribution in [-0.4, -0.2) is 21.5 Å². The lowest BCUT2D eigenvalue weighted by atomic mass is 9.80. The number of rotatable bonds is 6. The molecule has 0 N–H and O–H groups in total. The van der Waals surface area contributed by atoms with Crippen LogP contribution < -0.4 is 0 Å². The van der Waals surface area contributed by atoms with Gasteiger partial charge in [0.15, 0.2) is 0 Å². The molecule has 110 valence electrons. The van der Waals surface area contributed by atoms with Gasteiger partial charge in [-0.3, -0.25) is 4.79 Å². The zero-order valence-electron chi connectivity index (χ0n) is 12.7. The largest absolute Gasteiger partial charge is 0.469 e. The Balaban J connectivity index is 3.41. The molecule has 0 aromatic heterocycles. The smallest absolute Gasteiger partial charge is 0.312 e. The first-order valence-corrected chi connectivity index (χ1v) is 9.66. The maximum absolute atomic E-state index is 15.0. The molecule has 1 aromatic rings. The normalized spacial score (nSPS) is 16.1. The number of benzene rings is 1. The molecule has 0 saturated heterocycles. The summed E-state index contributed by atoms with van der Waals surface area (Å²) in [5.41, 5.74) is -0.550. The second kappa shape index (κ2) is 6.35. The highest BCUT2D eigenvalue weighted by Gasteiger charge is 2.51. The highest BCUT2D eigenvalue weighted by molar-refractivity contribution is 6.72. The molecular formula is C16H23FO2Si. The number of ether oxygens (including phenoxy) is 1. The summed E-state index contributed by atoms with van der Waals surface area (Å²) in [6.07, 6.45) is 2.05. The third-order valence-electron chi connectivity index (χ3n) is 3.68. The van der Waals surface area contributed by atoms with Gasteiger partial charge in [0, 0.05) is 5.54 Å². The Hall–Kier alpha value is -1.42. The third-order valence-corrected chi connectivity index (χ3v) is 6.02. The molecule has 0 heterocycles. The molecule has 0 amide bonds. The van der Waals surface area contributed by atoms with Crippen LogP contribution in [0.4, 0.5) is 4.11 Å². The molecule has 0 aliphatic rings. The summed E-state index contributed by atoms with van der Waals surface area (Å²) >= 11 is 0. The van der Waals surface area contributed by atoms with Gasteiger partial charge >= 0.3 is 5.97 Å². The van der Waals surface area contributed by atoms with Gasteiger partial charge in [-0.1, -0.05) is 36.4 Å². The molecule has 1 rings (SSSR count). The van der Waals surface area contributed by atoms with Gasteiger partial charge in [0.25, 0.3) is 0 Å².